The Morgan fingerprint density at radius 2 is 1.88 bits per heavy atom. The third-order valence-electron chi connectivity index (χ3n) is 5.40. The van der Waals surface area contributed by atoms with E-state index in [1.165, 1.54) is 11.3 Å². The van der Waals surface area contributed by atoms with Crippen molar-refractivity contribution in [2.75, 3.05) is 0 Å². The fraction of sp³-hybridized carbons (Fsp3) is 0.238. The Morgan fingerprint density at radius 3 is 2.69 bits per heavy atom. The maximum Gasteiger partial charge on any atom is 0.270 e. The average Bonchev–Trinajstić information content (AvgIpc) is 2.91. The van der Waals surface area contributed by atoms with Crippen LogP contribution >= 0.6 is 11.3 Å². The molecule has 0 saturated carbocycles. The number of hydrogen-bond acceptors (Lipinski definition) is 4. The number of hydrogen-bond donors (Lipinski definition) is 0. The Morgan fingerprint density at radius 1 is 1.15 bits per heavy atom. The summed E-state index contributed by atoms with van der Waals surface area (Å²) in [5, 5.41) is 0. The van der Waals surface area contributed by atoms with E-state index in [1.54, 1.807) is 0 Å². The van der Waals surface area contributed by atoms with Gasteiger partial charge < -0.3 is 4.74 Å². The SMILES string of the molecule is CC1C2c3ccccc3OC1(C)N=c1s/c(=C\c3ccccc3)c(=O)n12. The number of thiazole rings is 1. The number of benzene rings is 2. The summed E-state index contributed by atoms with van der Waals surface area (Å²) in [7, 11) is 0. The van der Waals surface area contributed by atoms with Gasteiger partial charge in [-0.25, -0.2) is 4.99 Å². The van der Waals surface area contributed by atoms with Gasteiger partial charge in [-0.3, -0.25) is 9.36 Å². The number of para-hydroxylation sites is 1. The molecule has 0 aliphatic carbocycles. The maximum atomic E-state index is 13.2. The largest absolute Gasteiger partial charge is 0.466 e. The fourth-order valence-corrected chi connectivity index (χ4v) is 4.98. The number of nitrogens with zero attached hydrogens (tertiary/aromatic N) is 2. The zero-order valence-corrected chi connectivity index (χ0v) is 15.4. The van der Waals surface area contributed by atoms with E-state index < -0.39 is 5.72 Å². The molecule has 5 heteroatoms. The summed E-state index contributed by atoms with van der Waals surface area (Å²) >= 11 is 1.44. The molecule has 2 bridgehead atoms. The third kappa shape index (κ3) is 2.13. The van der Waals surface area contributed by atoms with Gasteiger partial charge in [0, 0.05) is 11.5 Å². The lowest BCUT2D eigenvalue weighted by Gasteiger charge is -2.45. The van der Waals surface area contributed by atoms with Crippen LogP contribution in [0.1, 0.15) is 31.0 Å². The second kappa shape index (κ2) is 5.42. The fourth-order valence-electron chi connectivity index (χ4n) is 3.88. The molecule has 130 valence electrons. The van der Waals surface area contributed by atoms with E-state index in [2.05, 4.69) is 13.0 Å². The van der Waals surface area contributed by atoms with Gasteiger partial charge in [0.25, 0.3) is 5.56 Å². The zero-order valence-electron chi connectivity index (χ0n) is 14.5. The molecule has 3 atom stereocenters. The van der Waals surface area contributed by atoms with Crippen LogP contribution < -0.4 is 19.6 Å². The van der Waals surface area contributed by atoms with E-state index in [-0.39, 0.29) is 17.5 Å². The van der Waals surface area contributed by atoms with E-state index in [0.717, 1.165) is 21.7 Å². The Bertz CT molecular complexity index is 1180. The van der Waals surface area contributed by atoms with Crippen molar-refractivity contribution in [2.45, 2.75) is 25.6 Å². The summed E-state index contributed by atoms with van der Waals surface area (Å²) in [6.45, 7) is 4.12. The van der Waals surface area contributed by atoms with E-state index in [4.69, 9.17) is 9.73 Å². The van der Waals surface area contributed by atoms with Crippen molar-refractivity contribution in [3.63, 3.8) is 0 Å². The molecule has 3 heterocycles. The van der Waals surface area contributed by atoms with Crippen molar-refractivity contribution in [1.29, 1.82) is 0 Å². The molecule has 4 nitrogen and oxygen atoms in total. The van der Waals surface area contributed by atoms with E-state index in [9.17, 15) is 4.79 Å². The first-order valence-corrected chi connectivity index (χ1v) is 9.54. The molecule has 2 aliphatic rings. The standard InChI is InChI=1S/C21H18N2O2S/c1-13-18-15-10-6-7-11-16(15)25-21(13,2)22-20-23(18)19(24)17(26-20)12-14-8-4-3-5-9-14/h3-13,18H,1-2H3/b17-12-. The van der Waals surface area contributed by atoms with E-state index in [1.807, 2.05) is 66.1 Å². The smallest absolute Gasteiger partial charge is 0.270 e. The second-order valence-electron chi connectivity index (χ2n) is 7.02. The summed E-state index contributed by atoms with van der Waals surface area (Å²) in [5.74, 6) is 0.890. The maximum absolute atomic E-state index is 13.2. The highest BCUT2D eigenvalue weighted by Crippen LogP contribution is 2.46. The molecule has 0 radical (unpaired) electrons. The minimum atomic E-state index is -0.652. The molecule has 0 saturated heterocycles. The first kappa shape index (κ1) is 15.6. The molecule has 0 N–H and O–H groups in total. The van der Waals surface area contributed by atoms with Crippen molar-refractivity contribution >= 4 is 17.4 Å². The van der Waals surface area contributed by atoms with Crippen LogP contribution in [0.2, 0.25) is 0 Å². The predicted molar refractivity (Wildman–Crippen MR) is 102 cm³/mol. The van der Waals surface area contributed by atoms with Gasteiger partial charge in [0.2, 0.25) is 5.72 Å². The summed E-state index contributed by atoms with van der Waals surface area (Å²) in [6, 6.07) is 17.8. The summed E-state index contributed by atoms with van der Waals surface area (Å²) < 4.78 is 8.80. The van der Waals surface area contributed by atoms with Crippen LogP contribution in [-0.2, 0) is 0 Å². The second-order valence-corrected chi connectivity index (χ2v) is 8.03. The quantitative estimate of drug-likeness (QED) is 0.668. The van der Waals surface area contributed by atoms with Crippen LogP contribution in [0, 0.1) is 5.92 Å². The molecule has 0 spiro atoms. The predicted octanol–water partition coefficient (Wildman–Crippen LogP) is 2.71. The van der Waals surface area contributed by atoms with Crippen molar-refractivity contribution in [1.82, 2.24) is 4.57 Å². The lowest BCUT2D eigenvalue weighted by atomic mass is 9.83. The van der Waals surface area contributed by atoms with Crippen molar-refractivity contribution < 1.29 is 4.74 Å². The first-order chi connectivity index (χ1) is 12.6. The minimum Gasteiger partial charge on any atom is -0.466 e. The highest BCUT2D eigenvalue weighted by Gasteiger charge is 2.48. The summed E-state index contributed by atoms with van der Waals surface area (Å²) in [5.41, 5.74) is 1.44. The van der Waals surface area contributed by atoms with Gasteiger partial charge >= 0.3 is 0 Å². The van der Waals surface area contributed by atoms with Crippen LogP contribution in [0.3, 0.4) is 0 Å². The molecular weight excluding hydrogens is 344 g/mol. The number of ether oxygens (including phenoxy) is 1. The molecule has 1 aromatic heterocycles. The van der Waals surface area contributed by atoms with Gasteiger partial charge in [0.15, 0.2) is 4.80 Å². The lowest BCUT2D eigenvalue weighted by molar-refractivity contribution is -0.0121. The van der Waals surface area contributed by atoms with Crippen molar-refractivity contribution in [2.24, 2.45) is 10.9 Å². The van der Waals surface area contributed by atoms with Crippen LogP contribution in [0.25, 0.3) is 6.08 Å². The number of fused-ring (bicyclic) bond motifs is 6. The van der Waals surface area contributed by atoms with E-state index >= 15 is 0 Å². The zero-order chi connectivity index (χ0) is 17.9. The van der Waals surface area contributed by atoms with Crippen LogP contribution in [0.15, 0.2) is 64.4 Å². The molecule has 2 aliphatic heterocycles. The highest BCUT2D eigenvalue weighted by atomic mass is 32.1. The van der Waals surface area contributed by atoms with Gasteiger partial charge in [-0.15, -0.1) is 0 Å². The van der Waals surface area contributed by atoms with Gasteiger partial charge in [0.05, 0.1) is 10.6 Å². The first-order valence-electron chi connectivity index (χ1n) is 8.73. The molecule has 5 rings (SSSR count). The average molecular weight is 362 g/mol. The normalized spacial score (nSPS) is 26.5. The summed E-state index contributed by atoms with van der Waals surface area (Å²) in [4.78, 5) is 18.8. The lowest BCUT2D eigenvalue weighted by Crippen LogP contribution is -2.54. The summed E-state index contributed by atoms with van der Waals surface area (Å²) in [6.07, 6.45) is 1.94. The monoisotopic (exact) mass is 362 g/mol. The van der Waals surface area contributed by atoms with Gasteiger partial charge in [-0.05, 0) is 24.6 Å². The molecular formula is C21H18N2O2S. The third-order valence-corrected chi connectivity index (χ3v) is 6.39. The number of aromatic nitrogens is 1. The Kier molecular flexibility index (Phi) is 3.25. The van der Waals surface area contributed by atoms with Crippen LogP contribution in [-0.4, -0.2) is 10.3 Å². The Hall–Kier alpha value is -2.66. The minimum absolute atomic E-state index is 0.0215. The Balaban J connectivity index is 1.80. The van der Waals surface area contributed by atoms with E-state index in [0.29, 0.717) is 4.53 Å². The van der Waals surface area contributed by atoms with Gasteiger partial charge in [-0.1, -0.05) is 66.8 Å². The number of rotatable bonds is 1. The molecule has 2 aromatic carbocycles. The topological polar surface area (TPSA) is 43.6 Å². The highest BCUT2D eigenvalue weighted by molar-refractivity contribution is 7.07. The molecule has 3 aromatic rings. The molecule has 0 amide bonds. The van der Waals surface area contributed by atoms with Gasteiger partial charge in [-0.2, -0.15) is 0 Å². The molecule has 26 heavy (non-hydrogen) atoms. The van der Waals surface area contributed by atoms with Crippen LogP contribution in [0.4, 0.5) is 0 Å². The van der Waals surface area contributed by atoms with Gasteiger partial charge in [0.1, 0.15) is 5.75 Å². The molecule has 3 unspecified atom stereocenters. The Labute approximate surface area is 154 Å². The van der Waals surface area contributed by atoms with Crippen molar-refractivity contribution in [3.8, 4) is 5.75 Å². The van der Waals surface area contributed by atoms with Crippen molar-refractivity contribution in [3.05, 3.63) is 85.4 Å². The van der Waals surface area contributed by atoms with Crippen LogP contribution in [0.5, 0.6) is 5.75 Å². The molecule has 0 fully saturated rings.